The van der Waals surface area contributed by atoms with E-state index in [1.54, 1.807) is 36.4 Å². The molecule has 118 valence electrons. The van der Waals surface area contributed by atoms with Crippen molar-refractivity contribution in [2.24, 2.45) is 0 Å². The van der Waals surface area contributed by atoms with Gasteiger partial charge in [-0.25, -0.2) is 4.98 Å². The predicted molar refractivity (Wildman–Crippen MR) is 78.9 cm³/mol. The van der Waals surface area contributed by atoms with Gasteiger partial charge in [0, 0.05) is 5.56 Å². The lowest BCUT2D eigenvalue weighted by molar-refractivity contribution is -0.137. The number of aromatic nitrogens is 1. The van der Waals surface area contributed by atoms with Crippen molar-refractivity contribution >= 4 is 0 Å². The molecule has 0 unspecified atom stereocenters. The number of alkyl halides is 3. The van der Waals surface area contributed by atoms with E-state index in [1.165, 1.54) is 13.4 Å². The molecule has 0 spiro atoms. The molecule has 3 aromatic rings. The summed E-state index contributed by atoms with van der Waals surface area (Å²) >= 11 is 0. The Morgan fingerprint density at radius 3 is 2.26 bits per heavy atom. The van der Waals surface area contributed by atoms with Crippen LogP contribution in [0.2, 0.25) is 0 Å². The molecule has 1 aromatic carbocycles. The topological polar surface area (TPSA) is 35.3 Å². The smallest absolute Gasteiger partial charge is 0.416 e. The number of hydrogen-bond donors (Lipinski definition) is 0. The van der Waals surface area contributed by atoms with Crippen molar-refractivity contribution in [3.63, 3.8) is 0 Å². The Bertz CT molecular complexity index is 794. The van der Waals surface area contributed by atoms with E-state index in [1.807, 2.05) is 0 Å². The first-order valence-electron chi connectivity index (χ1n) is 6.75. The van der Waals surface area contributed by atoms with Crippen LogP contribution >= 0.6 is 0 Å². The van der Waals surface area contributed by atoms with Crippen molar-refractivity contribution in [3.05, 3.63) is 60.4 Å². The molecule has 0 radical (unpaired) electrons. The molecule has 0 aliphatic carbocycles. The van der Waals surface area contributed by atoms with Gasteiger partial charge in [-0.3, -0.25) is 0 Å². The second kappa shape index (κ2) is 5.79. The average Bonchev–Trinajstić information content (AvgIpc) is 3.08. The van der Waals surface area contributed by atoms with Gasteiger partial charge in [0.05, 0.1) is 24.6 Å². The third kappa shape index (κ3) is 3.21. The summed E-state index contributed by atoms with van der Waals surface area (Å²) in [6.07, 6.45) is -3.07. The molecular weight excluding hydrogens is 307 g/mol. The molecular formula is C17H12F3NO2. The summed E-state index contributed by atoms with van der Waals surface area (Å²) in [6.45, 7) is 0. The summed E-state index contributed by atoms with van der Waals surface area (Å²) in [5.74, 6) is 0.901. The van der Waals surface area contributed by atoms with Gasteiger partial charge in [-0.15, -0.1) is 0 Å². The van der Waals surface area contributed by atoms with Gasteiger partial charge in [-0.05, 0) is 48.5 Å². The van der Waals surface area contributed by atoms with Crippen molar-refractivity contribution in [2.75, 3.05) is 7.11 Å². The van der Waals surface area contributed by atoms with Crippen LogP contribution in [0.5, 0.6) is 5.75 Å². The number of halogens is 3. The maximum atomic E-state index is 13.1. The number of furan rings is 1. The Kier molecular flexibility index (Phi) is 3.82. The Hall–Kier alpha value is -2.76. The van der Waals surface area contributed by atoms with Gasteiger partial charge in [-0.2, -0.15) is 13.2 Å². The zero-order valence-corrected chi connectivity index (χ0v) is 12.1. The third-order valence-electron chi connectivity index (χ3n) is 3.31. The second-order valence-corrected chi connectivity index (χ2v) is 4.83. The Morgan fingerprint density at radius 1 is 1.00 bits per heavy atom. The van der Waals surface area contributed by atoms with E-state index in [-0.39, 0.29) is 17.1 Å². The normalized spacial score (nSPS) is 11.5. The summed E-state index contributed by atoms with van der Waals surface area (Å²) in [4.78, 5) is 4.28. The van der Waals surface area contributed by atoms with E-state index < -0.39 is 11.7 Å². The standard InChI is InChI=1S/C17H12F3NO2/c1-22-13-6-4-11(5-7-13)14-9-12(17(18,19)20)10-15(21-14)16-3-2-8-23-16/h2-10H,1H3. The Labute approximate surface area is 130 Å². The lowest BCUT2D eigenvalue weighted by Gasteiger charge is -2.11. The molecule has 0 atom stereocenters. The van der Waals surface area contributed by atoms with Crippen LogP contribution in [0.3, 0.4) is 0 Å². The number of hydrogen-bond acceptors (Lipinski definition) is 3. The fourth-order valence-electron chi connectivity index (χ4n) is 2.15. The molecule has 0 aliphatic rings. The largest absolute Gasteiger partial charge is 0.497 e. The van der Waals surface area contributed by atoms with Gasteiger partial charge >= 0.3 is 6.18 Å². The number of methoxy groups -OCH3 is 1. The number of ether oxygens (including phenoxy) is 1. The highest BCUT2D eigenvalue weighted by Crippen LogP contribution is 2.34. The fraction of sp³-hybridized carbons (Fsp3) is 0.118. The first-order valence-corrected chi connectivity index (χ1v) is 6.75. The molecule has 0 N–H and O–H groups in total. The number of rotatable bonds is 3. The highest BCUT2D eigenvalue weighted by atomic mass is 19.4. The molecule has 0 bridgehead atoms. The monoisotopic (exact) mass is 319 g/mol. The maximum Gasteiger partial charge on any atom is 0.416 e. The van der Waals surface area contributed by atoms with E-state index in [4.69, 9.17) is 9.15 Å². The van der Waals surface area contributed by atoms with Crippen LogP contribution in [-0.2, 0) is 6.18 Å². The summed E-state index contributed by atoms with van der Waals surface area (Å²) in [5.41, 5.74) is 0.138. The van der Waals surface area contributed by atoms with E-state index in [0.717, 1.165) is 12.1 Å². The quantitative estimate of drug-likeness (QED) is 0.678. The van der Waals surface area contributed by atoms with Crippen LogP contribution in [0.1, 0.15) is 5.56 Å². The van der Waals surface area contributed by atoms with Gasteiger partial charge in [0.25, 0.3) is 0 Å². The van der Waals surface area contributed by atoms with Crippen molar-refractivity contribution in [2.45, 2.75) is 6.18 Å². The Balaban J connectivity index is 2.13. The molecule has 6 heteroatoms. The number of pyridine rings is 1. The van der Waals surface area contributed by atoms with E-state index in [0.29, 0.717) is 11.3 Å². The van der Waals surface area contributed by atoms with Crippen LogP contribution in [0.25, 0.3) is 22.7 Å². The lowest BCUT2D eigenvalue weighted by Crippen LogP contribution is -2.06. The van der Waals surface area contributed by atoms with Crippen LogP contribution < -0.4 is 4.74 Å². The van der Waals surface area contributed by atoms with Crippen LogP contribution in [0.15, 0.2) is 59.2 Å². The molecule has 0 saturated heterocycles. The first kappa shape index (κ1) is 15.1. The molecule has 0 aliphatic heterocycles. The average molecular weight is 319 g/mol. The summed E-state index contributed by atoms with van der Waals surface area (Å²) in [6, 6.07) is 11.8. The third-order valence-corrected chi connectivity index (χ3v) is 3.31. The molecule has 2 aromatic heterocycles. The minimum absolute atomic E-state index is 0.135. The van der Waals surface area contributed by atoms with Gasteiger partial charge in [-0.1, -0.05) is 0 Å². The van der Waals surface area contributed by atoms with Crippen molar-refractivity contribution in [3.8, 4) is 28.5 Å². The fourth-order valence-corrected chi connectivity index (χ4v) is 2.15. The zero-order chi connectivity index (χ0) is 16.4. The van der Waals surface area contributed by atoms with Crippen LogP contribution in [-0.4, -0.2) is 12.1 Å². The summed E-state index contributed by atoms with van der Waals surface area (Å²) in [5, 5.41) is 0. The molecule has 0 fully saturated rings. The van der Waals surface area contributed by atoms with E-state index in [2.05, 4.69) is 4.98 Å². The van der Waals surface area contributed by atoms with Crippen molar-refractivity contribution in [1.82, 2.24) is 4.98 Å². The van der Waals surface area contributed by atoms with Crippen LogP contribution in [0, 0.1) is 0 Å². The highest BCUT2D eigenvalue weighted by molar-refractivity contribution is 5.66. The second-order valence-electron chi connectivity index (χ2n) is 4.83. The zero-order valence-electron chi connectivity index (χ0n) is 12.1. The molecule has 2 heterocycles. The van der Waals surface area contributed by atoms with Gasteiger partial charge in [0.1, 0.15) is 11.4 Å². The Morgan fingerprint density at radius 2 is 1.70 bits per heavy atom. The predicted octanol–water partition coefficient (Wildman–Crippen LogP) is 5.04. The highest BCUT2D eigenvalue weighted by Gasteiger charge is 2.32. The van der Waals surface area contributed by atoms with Crippen molar-refractivity contribution < 1.29 is 22.3 Å². The maximum absolute atomic E-state index is 13.1. The molecule has 3 nitrogen and oxygen atoms in total. The van der Waals surface area contributed by atoms with Gasteiger partial charge < -0.3 is 9.15 Å². The molecule has 23 heavy (non-hydrogen) atoms. The minimum atomic E-state index is -4.47. The first-order chi connectivity index (χ1) is 11.0. The molecule has 0 amide bonds. The van der Waals surface area contributed by atoms with Gasteiger partial charge in [0.2, 0.25) is 0 Å². The van der Waals surface area contributed by atoms with Gasteiger partial charge in [0.15, 0.2) is 5.76 Å². The summed E-state index contributed by atoms with van der Waals surface area (Å²) in [7, 11) is 1.52. The van der Waals surface area contributed by atoms with E-state index in [9.17, 15) is 13.2 Å². The number of benzene rings is 1. The minimum Gasteiger partial charge on any atom is -0.497 e. The SMILES string of the molecule is COc1ccc(-c2cc(C(F)(F)F)cc(-c3ccco3)n2)cc1. The van der Waals surface area contributed by atoms with Crippen LogP contribution in [0.4, 0.5) is 13.2 Å². The summed E-state index contributed by atoms with van der Waals surface area (Å²) < 4.78 is 49.7. The molecule has 3 rings (SSSR count). The number of nitrogens with zero attached hydrogens (tertiary/aromatic N) is 1. The lowest BCUT2D eigenvalue weighted by atomic mass is 10.1. The van der Waals surface area contributed by atoms with E-state index >= 15 is 0 Å². The molecule has 0 saturated carbocycles. The van der Waals surface area contributed by atoms with Crippen molar-refractivity contribution in [1.29, 1.82) is 0 Å².